The van der Waals surface area contributed by atoms with Crippen LogP contribution in [-0.4, -0.2) is 19.6 Å². The van der Waals surface area contributed by atoms with Gasteiger partial charge in [0.2, 0.25) is 0 Å². The summed E-state index contributed by atoms with van der Waals surface area (Å²) < 4.78 is 6.49. The van der Waals surface area contributed by atoms with Crippen LogP contribution in [0, 0.1) is 0 Å². The van der Waals surface area contributed by atoms with E-state index in [0.717, 1.165) is 28.5 Å². The zero-order chi connectivity index (χ0) is 20.5. The minimum Gasteiger partial charge on any atom is -0.510 e. The molecule has 152 valence electrons. The molecular formula is C24H33BrO2Si. The lowest BCUT2D eigenvalue weighted by atomic mass is 10.1. The molecule has 2 rings (SSSR count). The number of benzene rings is 2. The molecule has 0 N–H and O–H groups in total. The van der Waals surface area contributed by atoms with Crippen molar-refractivity contribution in [3.8, 4) is 0 Å². The molecule has 0 fully saturated rings. The van der Waals surface area contributed by atoms with Crippen molar-refractivity contribution in [1.29, 1.82) is 0 Å². The molecule has 0 atom stereocenters. The molecule has 28 heavy (non-hydrogen) atoms. The van der Waals surface area contributed by atoms with Gasteiger partial charge in [-0.25, -0.2) is 0 Å². The predicted octanol–water partition coefficient (Wildman–Crippen LogP) is 5.83. The van der Waals surface area contributed by atoms with Gasteiger partial charge in [0.15, 0.2) is 0 Å². The van der Waals surface area contributed by atoms with Gasteiger partial charge < -0.3 is 4.43 Å². The molecule has 0 amide bonds. The molecule has 0 aliphatic heterocycles. The summed E-state index contributed by atoms with van der Waals surface area (Å²) in [6.07, 6.45) is 6.08. The lowest BCUT2D eigenvalue weighted by Gasteiger charge is -2.42. The summed E-state index contributed by atoms with van der Waals surface area (Å²) >= 11 is 3.47. The average molecular weight is 462 g/mol. The van der Waals surface area contributed by atoms with Gasteiger partial charge >= 0.3 is 8.32 Å². The Kier molecular flexibility index (Phi) is 8.96. The molecule has 0 bridgehead atoms. The zero-order valence-electron chi connectivity index (χ0n) is 17.4. The van der Waals surface area contributed by atoms with Crippen molar-refractivity contribution in [2.75, 3.05) is 5.33 Å². The molecule has 2 aromatic carbocycles. The zero-order valence-corrected chi connectivity index (χ0v) is 20.0. The molecule has 0 saturated heterocycles. The van der Waals surface area contributed by atoms with Gasteiger partial charge in [-0.15, -0.1) is 0 Å². The maximum Gasteiger partial charge on any atom is 0.323 e. The van der Waals surface area contributed by atoms with Crippen LogP contribution in [0.1, 0.15) is 59.3 Å². The SMILES string of the molecule is CC(C)(C)[Si](OC(=O)CCCCCCCBr)(c1ccccc1)c1ccccc1. The van der Waals surface area contributed by atoms with Gasteiger partial charge in [0, 0.05) is 11.8 Å². The third-order valence-electron chi connectivity index (χ3n) is 5.20. The van der Waals surface area contributed by atoms with Crippen LogP contribution in [0.2, 0.25) is 5.04 Å². The summed E-state index contributed by atoms with van der Waals surface area (Å²) in [5.74, 6) is -0.0604. The van der Waals surface area contributed by atoms with Gasteiger partial charge in [0.25, 0.3) is 5.97 Å². The number of hydrogen-bond acceptors (Lipinski definition) is 2. The van der Waals surface area contributed by atoms with Crippen LogP contribution >= 0.6 is 15.9 Å². The maximum atomic E-state index is 12.9. The molecule has 0 saturated carbocycles. The van der Waals surface area contributed by atoms with E-state index in [1.807, 2.05) is 36.4 Å². The summed E-state index contributed by atoms with van der Waals surface area (Å²) in [4.78, 5) is 12.9. The van der Waals surface area contributed by atoms with Gasteiger partial charge in [-0.3, -0.25) is 4.79 Å². The van der Waals surface area contributed by atoms with E-state index in [-0.39, 0.29) is 11.0 Å². The van der Waals surface area contributed by atoms with Gasteiger partial charge in [-0.2, -0.15) is 0 Å². The second kappa shape index (κ2) is 11.0. The van der Waals surface area contributed by atoms with Crippen molar-refractivity contribution in [2.45, 2.75) is 64.3 Å². The number of carbonyl (C=O) groups is 1. The van der Waals surface area contributed by atoms with E-state index in [1.54, 1.807) is 0 Å². The first-order chi connectivity index (χ1) is 13.4. The highest BCUT2D eigenvalue weighted by Gasteiger charge is 2.52. The summed E-state index contributed by atoms with van der Waals surface area (Å²) in [6, 6.07) is 20.7. The van der Waals surface area contributed by atoms with Crippen LogP contribution in [0.4, 0.5) is 0 Å². The summed E-state index contributed by atoms with van der Waals surface area (Å²) in [7, 11) is -2.75. The normalized spacial score (nSPS) is 12.0. The molecule has 0 unspecified atom stereocenters. The van der Waals surface area contributed by atoms with Crippen LogP contribution in [0.25, 0.3) is 0 Å². The Morgan fingerprint density at radius 3 is 1.75 bits per heavy atom. The third-order valence-corrected chi connectivity index (χ3v) is 10.7. The number of alkyl halides is 1. The van der Waals surface area contributed by atoms with Gasteiger partial charge in [0.1, 0.15) is 0 Å². The molecule has 0 aliphatic carbocycles. The fraction of sp³-hybridized carbons (Fsp3) is 0.458. The van der Waals surface area contributed by atoms with E-state index in [1.165, 1.54) is 19.3 Å². The van der Waals surface area contributed by atoms with Crippen molar-refractivity contribution in [3.05, 3.63) is 60.7 Å². The highest BCUT2D eigenvalue weighted by molar-refractivity contribution is 9.09. The van der Waals surface area contributed by atoms with Crippen LogP contribution in [-0.2, 0) is 9.22 Å². The third kappa shape index (κ3) is 5.80. The molecule has 0 radical (unpaired) electrons. The van der Waals surface area contributed by atoms with Crippen molar-refractivity contribution in [3.63, 3.8) is 0 Å². The molecule has 2 aromatic rings. The Bertz CT molecular complexity index is 671. The number of unbranched alkanes of at least 4 members (excludes halogenated alkanes) is 4. The van der Waals surface area contributed by atoms with E-state index in [4.69, 9.17) is 4.43 Å². The monoisotopic (exact) mass is 460 g/mol. The van der Waals surface area contributed by atoms with Crippen molar-refractivity contribution < 1.29 is 9.22 Å². The van der Waals surface area contributed by atoms with E-state index in [0.29, 0.717) is 6.42 Å². The van der Waals surface area contributed by atoms with Gasteiger partial charge in [-0.1, -0.05) is 117 Å². The number of halogens is 1. The van der Waals surface area contributed by atoms with Gasteiger partial charge in [-0.05, 0) is 28.3 Å². The molecule has 0 aromatic heterocycles. The first-order valence-electron chi connectivity index (χ1n) is 10.3. The quantitative estimate of drug-likeness (QED) is 0.253. The summed E-state index contributed by atoms with van der Waals surface area (Å²) in [6.45, 7) is 6.60. The van der Waals surface area contributed by atoms with Crippen molar-refractivity contribution in [2.24, 2.45) is 0 Å². The molecule has 0 heterocycles. The number of rotatable bonds is 10. The number of hydrogen-bond donors (Lipinski definition) is 0. The highest BCUT2D eigenvalue weighted by atomic mass is 79.9. The Labute approximate surface area is 180 Å². The minimum atomic E-state index is -2.75. The van der Waals surface area contributed by atoms with E-state index < -0.39 is 8.32 Å². The van der Waals surface area contributed by atoms with E-state index in [9.17, 15) is 4.79 Å². The Morgan fingerprint density at radius 1 is 0.821 bits per heavy atom. The maximum absolute atomic E-state index is 12.9. The summed E-state index contributed by atoms with van der Waals surface area (Å²) in [5, 5.41) is 3.20. The van der Waals surface area contributed by atoms with E-state index in [2.05, 4.69) is 61.0 Å². The van der Waals surface area contributed by atoms with Crippen LogP contribution in [0.5, 0.6) is 0 Å². The smallest absolute Gasteiger partial charge is 0.323 e. The molecule has 0 spiro atoms. The topological polar surface area (TPSA) is 26.3 Å². The Morgan fingerprint density at radius 2 is 1.29 bits per heavy atom. The lowest BCUT2D eigenvalue weighted by Crippen LogP contribution is -2.67. The second-order valence-electron chi connectivity index (χ2n) is 8.34. The molecule has 0 aliphatic rings. The fourth-order valence-corrected chi connectivity index (χ4v) is 8.54. The second-order valence-corrected chi connectivity index (χ2v) is 13.4. The molecule has 4 heteroatoms. The first-order valence-corrected chi connectivity index (χ1v) is 13.3. The van der Waals surface area contributed by atoms with Crippen molar-refractivity contribution >= 4 is 40.6 Å². The molecule has 2 nitrogen and oxygen atoms in total. The predicted molar refractivity (Wildman–Crippen MR) is 125 cm³/mol. The van der Waals surface area contributed by atoms with Crippen molar-refractivity contribution in [1.82, 2.24) is 0 Å². The molecular weight excluding hydrogens is 428 g/mol. The van der Waals surface area contributed by atoms with Crippen LogP contribution < -0.4 is 10.4 Å². The fourth-order valence-electron chi connectivity index (χ4n) is 3.77. The van der Waals surface area contributed by atoms with Crippen LogP contribution in [0.3, 0.4) is 0 Å². The van der Waals surface area contributed by atoms with Crippen LogP contribution in [0.15, 0.2) is 60.7 Å². The van der Waals surface area contributed by atoms with Gasteiger partial charge in [0.05, 0.1) is 0 Å². The Balaban J connectivity index is 2.25. The Hall–Kier alpha value is -1.39. The first kappa shape index (κ1) is 22.9. The average Bonchev–Trinajstić information content (AvgIpc) is 2.69. The van der Waals surface area contributed by atoms with E-state index >= 15 is 0 Å². The largest absolute Gasteiger partial charge is 0.510 e. The lowest BCUT2D eigenvalue weighted by molar-refractivity contribution is -0.135. The minimum absolute atomic E-state index is 0.0604. The summed E-state index contributed by atoms with van der Waals surface area (Å²) in [5.41, 5.74) is 0. The highest BCUT2D eigenvalue weighted by Crippen LogP contribution is 2.37. The number of carbonyl (C=O) groups excluding carboxylic acids is 1. The standard InChI is InChI=1S/C24H33BrO2Si/c1-24(2,3)28(21-15-9-7-10-16-21,22-17-11-8-12-18-22)27-23(26)19-13-5-4-6-14-20-25/h7-12,15-18H,4-6,13-14,19-20H2,1-3H3.